The number of aliphatic hydroxyl groups is 1. The van der Waals surface area contributed by atoms with Crippen LogP contribution in [0.25, 0.3) is 0 Å². The average Bonchev–Trinajstić information content (AvgIpc) is 2.26. The van der Waals surface area contributed by atoms with Crippen LogP contribution in [0.2, 0.25) is 0 Å². The maximum Gasteiger partial charge on any atom is 0.250 e. The van der Waals surface area contributed by atoms with Crippen LogP contribution in [0.3, 0.4) is 0 Å². The Hall–Kier alpha value is -0.300. The molecule has 0 aromatic heterocycles. The van der Waals surface area contributed by atoms with Crippen LogP contribution >= 0.6 is 0 Å². The summed E-state index contributed by atoms with van der Waals surface area (Å²) < 4.78 is 24.3. The third-order valence-electron chi connectivity index (χ3n) is 3.25. The quantitative estimate of drug-likeness (QED) is 0.615. The predicted octanol–water partition coefficient (Wildman–Crippen LogP) is -0.129. The molecule has 3 atom stereocenters. The molecule has 0 bridgehead atoms. The summed E-state index contributed by atoms with van der Waals surface area (Å²) in [6, 6.07) is 0.0175. The fraction of sp³-hybridized carbons (Fsp3) is 1.00. The van der Waals surface area contributed by atoms with Crippen LogP contribution < -0.4 is 11.1 Å². The maximum absolute atomic E-state index is 12.1. The third kappa shape index (κ3) is 5.25. The van der Waals surface area contributed by atoms with E-state index in [1.807, 2.05) is 0 Å². The van der Waals surface area contributed by atoms with E-state index in [0.717, 1.165) is 26.1 Å². The molecule has 0 radical (unpaired) electrons. The number of alkyl halides is 2. The van der Waals surface area contributed by atoms with Crippen molar-refractivity contribution >= 4 is 0 Å². The van der Waals surface area contributed by atoms with Crippen molar-refractivity contribution in [3.8, 4) is 0 Å². The van der Waals surface area contributed by atoms with Gasteiger partial charge in [-0.15, -0.1) is 0 Å². The van der Waals surface area contributed by atoms with Crippen molar-refractivity contribution < 1.29 is 13.9 Å². The molecule has 102 valence electrons. The molecule has 3 unspecified atom stereocenters. The number of nitrogens with two attached hydrogens (primary N) is 1. The lowest BCUT2D eigenvalue weighted by Crippen LogP contribution is -2.53. The van der Waals surface area contributed by atoms with E-state index >= 15 is 0 Å². The van der Waals surface area contributed by atoms with Crippen molar-refractivity contribution in [3.05, 3.63) is 0 Å². The van der Waals surface area contributed by atoms with Crippen molar-refractivity contribution in [1.82, 2.24) is 10.2 Å². The fourth-order valence-electron chi connectivity index (χ4n) is 2.35. The SMILES string of the molecule is CC(O)C1CC(NCC(F)F)CN(CCN)C1. The molecule has 0 amide bonds. The van der Waals surface area contributed by atoms with Gasteiger partial charge in [-0.2, -0.15) is 0 Å². The second kappa shape index (κ2) is 7.20. The Labute approximate surface area is 101 Å². The maximum atomic E-state index is 12.1. The average molecular weight is 251 g/mol. The van der Waals surface area contributed by atoms with E-state index in [9.17, 15) is 13.9 Å². The normalized spacial score (nSPS) is 28.6. The molecule has 4 nitrogen and oxygen atoms in total. The zero-order chi connectivity index (χ0) is 12.8. The first-order chi connectivity index (χ1) is 8.02. The predicted molar refractivity (Wildman–Crippen MR) is 63.1 cm³/mol. The van der Waals surface area contributed by atoms with Gasteiger partial charge < -0.3 is 21.1 Å². The van der Waals surface area contributed by atoms with E-state index in [4.69, 9.17) is 5.73 Å². The molecule has 1 aliphatic heterocycles. The minimum Gasteiger partial charge on any atom is -0.393 e. The molecule has 1 fully saturated rings. The summed E-state index contributed by atoms with van der Waals surface area (Å²) in [7, 11) is 0. The van der Waals surface area contributed by atoms with Gasteiger partial charge in [0.05, 0.1) is 12.6 Å². The standard InChI is InChI=1S/C11H23F2N3O/c1-8(17)9-4-10(15-5-11(12)13)7-16(6-9)3-2-14/h8-11,15,17H,2-7,14H2,1H3. The summed E-state index contributed by atoms with van der Waals surface area (Å²) in [5.74, 6) is 0.130. The summed E-state index contributed by atoms with van der Waals surface area (Å²) in [6.07, 6.45) is -2.00. The van der Waals surface area contributed by atoms with E-state index in [2.05, 4.69) is 10.2 Å². The van der Waals surface area contributed by atoms with Gasteiger partial charge in [0.15, 0.2) is 0 Å². The monoisotopic (exact) mass is 251 g/mol. The Bertz CT molecular complexity index is 217. The van der Waals surface area contributed by atoms with E-state index in [0.29, 0.717) is 6.54 Å². The molecule has 0 spiro atoms. The zero-order valence-corrected chi connectivity index (χ0v) is 10.3. The molecule has 0 aromatic rings. The van der Waals surface area contributed by atoms with Gasteiger partial charge in [-0.25, -0.2) is 8.78 Å². The van der Waals surface area contributed by atoms with Crippen LogP contribution in [-0.4, -0.2) is 61.3 Å². The topological polar surface area (TPSA) is 61.5 Å². The number of hydrogen-bond donors (Lipinski definition) is 3. The Balaban J connectivity index is 2.46. The Morgan fingerprint density at radius 2 is 2.18 bits per heavy atom. The lowest BCUT2D eigenvalue weighted by Gasteiger charge is -2.39. The summed E-state index contributed by atoms with van der Waals surface area (Å²) >= 11 is 0. The number of aliphatic hydroxyl groups excluding tert-OH is 1. The number of hydrogen-bond acceptors (Lipinski definition) is 4. The molecular weight excluding hydrogens is 228 g/mol. The Morgan fingerprint density at radius 1 is 1.47 bits per heavy atom. The molecule has 1 saturated heterocycles. The molecule has 4 N–H and O–H groups in total. The Kier molecular flexibility index (Phi) is 6.26. The van der Waals surface area contributed by atoms with Gasteiger partial charge in [-0.3, -0.25) is 0 Å². The highest BCUT2D eigenvalue weighted by molar-refractivity contribution is 4.85. The van der Waals surface area contributed by atoms with Crippen LogP contribution in [0.4, 0.5) is 8.78 Å². The summed E-state index contributed by atoms with van der Waals surface area (Å²) in [6.45, 7) is 4.29. The van der Waals surface area contributed by atoms with Crippen LogP contribution in [0.1, 0.15) is 13.3 Å². The van der Waals surface area contributed by atoms with Crippen LogP contribution in [0, 0.1) is 5.92 Å². The van der Waals surface area contributed by atoms with Gasteiger partial charge in [0.1, 0.15) is 0 Å². The van der Waals surface area contributed by atoms with E-state index in [1.165, 1.54) is 0 Å². The molecule has 1 heterocycles. The first-order valence-electron chi connectivity index (χ1n) is 6.15. The second-order valence-electron chi connectivity index (χ2n) is 4.78. The molecule has 0 aliphatic carbocycles. The molecule has 0 saturated carbocycles. The summed E-state index contributed by atoms with van der Waals surface area (Å²) in [5, 5.41) is 12.5. The largest absolute Gasteiger partial charge is 0.393 e. The zero-order valence-electron chi connectivity index (χ0n) is 10.3. The molecule has 1 aliphatic rings. The highest BCUT2D eigenvalue weighted by Gasteiger charge is 2.29. The summed E-state index contributed by atoms with van der Waals surface area (Å²) in [4.78, 5) is 2.13. The van der Waals surface area contributed by atoms with Gasteiger partial charge in [-0.1, -0.05) is 0 Å². The highest BCUT2D eigenvalue weighted by Crippen LogP contribution is 2.20. The minimum absolute atomic E-state index is 0.0175. The van der Waals surface area contributed by atoms with Crippen molar-refractivity contribution in [1.29, 1.82) is 0 Å². The number of piperidine rings is 1. The van der Waals surface area contributed by atoms with E-state index in [1.54, 1.807) is 6.92 Å². The fourth-order valence-corrected chi connectivity index (χ4v) is 2.35. The van der Waals surface area contributed by atoms with Crippen LogP contribution in [0.15, 0.2) is 0 Å². The molecule has 17 heavy (non-hydrogen) atoms. The first-order valence-corrected chi connectivity index (χ1v) is 6.15. The van der Waals surface area contributed by atoms with Gasteiger partial charge >= 0.3 is 0 Å². The molecule has 1 rings (SSSR count). The van der Waals surface area contributed by atoms with Crippen molar-refractivity contribution in [2.45, 2.75) is 31.9 Å². The number of halogens is 2. The van der Waals surface area contributed by atoms with Gasteiger partial charge in [0, 0.05) is 32.2 Å². The third-order valence-corrected chi connectivity index (χ3v) is 3.25. The van der Waals surface area contributed by atoms with Crippen molar-refractivity contribution in [2.24, 2.45) is 11.7 Å². The van der Waals surface area contributed by atoms with Gasteiger partial charge in [0.2, 0.25) is 0 Å². The van der Waals surface area contributed by atoms with Crippen molar-refractivity contribution in [2.75, 3.05) is 32.7 Å². The molecule has 0 aromatic carbocycles. The van der Waals surface area contributed by atoms with Gasteiger partial charge in [0.25, 0.3) is 6.43 Å². The first kappa shape index (κ1) is 14.8. The Morgan fingerprint density at radius 3 is 2.71 bits per heavy atom. The van der Waals surface area contributed by atoms with Gasteiger partial charge in [-0.05, 0) is 19.3 Å². The number of nitrogens with zero attached hydrogens (tertiary/aromatic N) is 1. The molecular formula is C11H23F2N3O. The van der Waals surface area contributed by atoms with E-state index in [-0.39, 0.29) is 18.5 Å². The van der Waals surface area contributed by atoms with Crippen LogP contribution in [0.5, 0.6) is 0 Å². The number of nitrogens with one attached hydrogen (secondary N) is 1. The molecule has 6 heteroatoms. The lowest BCUT2D eigenvalue weighted by atomic mass is 9.90. The van der Waals surface area contributed by atoms with E-state index < -0.39 is 12.5 Å². The summed E-state index contributed by atoms with van der Waals surface area (Å²) in [5.41, 5.74) is 5.50. The highest BCUT2D eigenvalue weighted by atomic mass is 19.3. The van der Waals surface area contributed by atoms with Crippen molar-refractivity contribution in [3.63, 3.8) is 0 Å². The number of rotatable bonds is 6. The minimum atomic E-state index is -2.33. The number of likely N-dealkylation sites (tertiary alicyclic amines) is 1. The smallest absolute Gasteiger partial charge is 0.250 e. The second-order valence-corrected chi connectivity index (χ2v) is 4.78. The lowest BCUT2D eigenvalue weighted by molar-refractivity contribution is 0.0445. The van der Waals surface area contributed by atoms with Crippen LogP contribution in [-0.2, 0) is 0 Å².